The molecule has 0 saturated heterocycles. The molecular formula is C37H67NO2. The van der Waals surface area contributed by atoms with Gasteiger partial charge < -0.3 is 9.84 Å². The van der Waals surface area contributed by atoms with E-state index < -0.39 is 0 Å². The Balaban J connectivity index is 1.93. The highest BCUT2D eigenvalue weighted by Crippen LogP contribution is 2.23. The van der Waals surface area contributed by atoms with Gasteiger partial charge in [-0.25, -0.2) is 0 Å². The average molecular weight is 558 g/mol. The Morgan fingerprint density at radius 3 is 1.38 bits per heavy atom. The minimum atomic E-state index is 0.260. The maximum atomic E-state index is 10.3. The lowest BCUT2D eigenvalue weighted by atomic mass is 10.0. The number of aliphatic imine (C=N–C) groups is 1. The molecule has 0 fully saturated rings. The van der Waals surface area contributed by atoms with Crippen LogP contribution in [0.15, 0.2) is 23.2 Å². The summed E-state index contributed by atoms with van der Waals surface area (Å²) in [6.45, 7) is 6.13. The molecule has 1 aromatic rings. The highest BCUT2D eigenvalue weighted by atomic mass is 16.5. The van der Waals surface area contributed by atoms with Crippen LogP contribution in [0.1, 0.15) is 186 Å². The van der Waals surface area contributed by atoms with Gasteiger partial charge in [-0.1, -0.05) is 168 Å². The van der Waals surface area contributed by atoms with Crippen molar-refractivity contribution in [3.05, 3.63) is 23.8 Å². The lowest BCUT2D eigenvalue weighted by Gasteiger charge is -2.08. The van der Waals surface area contributed by atoms with E-state index >= 15 is 0 Å². The van der Waals surface area contributed by atoms with E-state index in [0.29, 0.717) is 0 Å². The van der Waals surface area contributed by atoms with Crippen LogP contribution in [0.4, 0.5) is 0 Å². The number of phenolic OH excluding ortho intramolecular Hbond substituents is 1. The zero-order valence-corrected chi connectivity index (χ0v) is 26.9. The summed E-state index contributed by atoms with van der Waals surface area (Å²) in [4.78, 5) is 4.54. The average Bonchev–Trinajstić information content (AvgIpc) is 2.96. The van der Waals surface area contributed by atoms with Gasteiger partial charge in [0.15, 0.2) is 0 Å². The van der Waals surface area contributed by atoms with E-state index in [-0.39, 0.29) is 5.75 Å². The normalized spacial score (nSPS) is 11.6. The smallest absolute Gasteiger partial charge is 0.128 e. The molecule has 0 aliphatic carbocycles. The molecule has 0 bridgehead atoms. The van der Waals surface area contributed by atoms with Crippen molar-refractivity contribution in [2.24, 2.45) is 4.99 Å². The highest BCUT2D eigenvalue weighted by Gasteiger charge is 2.02. The van der Waals surface area contributed by atoms with Gasteiger partial charge in [-0.3, -0.25) is 4.99 Å². The number of hydrogen-bond acceptors (Lipinski definition) is 3. The fourth-order valence-corrected chi connectivity index (χ4v) is 5.42. The van der Waals surface area contributed by atoms with Crippen LogP contribution in [0, 0.1) is 0 Å². The van der Waals surface area contributed by atoms with Crippen molar-refractivity contribution in [2.75, 3.05) is 13.2 Å². The Kier molecular flexibility index (Phi) is 26.5. The van der Waals surface area contributed by atoms with Gasteiger partial charge in [-0.2, -0.15) is 0 Å². The zero-order chi connectivity index (χ0) is 28.8. The fraction of sp³-hybridized carbons (Fsp3) is 0.811. The molecule has 0 saturated carbocycles. The van der Waals surface area contributed by atoms with Crippen LogP contribution in [-0.2, 0) is 0 Å². The van der Waals surface area contributed by atoms with Gasteiger partial charge in [0.05, 0.1) is 6.61 Å². The summed E-state index contributed by atoms with van der Waals surface area (Å²) in [5, 5.41) is 10.3. The van der Waals surface area contributed by atoms with Crippen molar-refractivity contribution in [1.29, 1.82) is 0 Å². The first kappa shape index (κ1) is 36.5. The molecule has 0 heterocycles. The Labute approximate surface area is 250 Å². The first-order valence-electron chi connectivity index (χ1n) is 17.7. The first-order valence-corrected chi connectivity index (χ1v) is 17.7. The zero-order valence-electron chi connectivity index (χ0n) is 26.9. The van der Waals surface area contributed by atoms with Crippen LogP contribution in [0.3, 0.4) is 0 Å². The number of nitrogens with zero attached hydrogens (tertiary/aromatic N) is 1. The molecule has 3 heteroatoms. The van der Waals surface area contributed by atoms with Crippen LogP contribution < -0.4 is 4.74 Å². The van der Waals surface area contributed by atoms with Gasteiger partial charge in [0.2, 0.25) is 0 Å². The molecule has 1 aromatic carbocycles. The van der Waals surface area contributed by atoms with E-state index in [1.165, 1.54) is 154 Å². The number of unbranched alkanes of at least 4 members (excludes halogenated alkanes) is 24. The Bertz CT molecular complexity index is 687. The summed E-state index contributed by atoms with van der Waals surface area (Å²) in [6, 6.07) is 5.60. The summed E-state index contributed by atoms with van der Waals surface area (Å²) in [5.74, 6) is 1.01. The van der Waals surface area contributed by atoms with Crippen LogP contribution in [0.2, 0.25) is 0 Å². The largest absolute Gasteiger partial charge is 0.507 e. The second-order valence-electron chi connectivity index (χ2n) is 12.1. The van der Waals surface area contributed by atoms with Crippen LogP contribution in [0.25, 0.3) is 0 Å². The Hall–Kier alpha value is -1.51. The topological polar surface area (TPSA) is 41.8 Å². The van der Waals surface area contributed by atoms with Gasteiger partial charge in [-0.15, -0.1) is 0 Å². The number of hydrogen-bond donors (Lipinski definition) is 1. The van der Waals surface area contributed by atoms with E-state index in [0.717, 1.165) is 37.3 Å². The molecule has 232 valence electrons. The first-order chi connectivity index (χ1) is 19.8. The van der Waals surface area contributed by atoms with Gasteiger partial charge in [0, 0.05) is 24.4 Å². The van der Waals surface area contributed by atoms with E-state index in [2.05, 4.69) is 18.8 Å². The van der Waals surface area contributed by atoms with E-state index in [1.54, 1.807) is 6.07 Å². The molecule has 1 N–H and O–H groups in total. The molecule has 3 nitrogen and oxygen atoms in total. The van der Waals surface area contributed by atoms with Crippen molar-refractivity contribution in [3.8, 4) is 11.5 Å². The number of phenols is 1. The highest BCUT2D eigenvalue weighted by molar-refractivity contribution is 5.83. The van der Waals surface area contributed by atoms with Gasteiger partial charge in [0.1, 0.15) is 11.5 Å². The standard InChI is InChI=1S/C37H67NO2/c1-3-5-7-9-11-13-15-16-17-18-19-20-21-23-25-27-31-38-34-35-29-30-36(33-37(35)39)40-32-28-26-24-22-14-12-10-8-6-4-2/h29-30,33-34,39H,3-28,31-32H2,1-2H3. The maximum absolute atomic E-state index is 10.3. The molecule has 0 aromatic heterocycles. The number of ether oxygens (including phenoxy) is 1. The molecular weight excluding hydrogens is 490 g/mol. The number of aromatic hydroxyl groups is 1. The summed E-state index contributed by atoms with van der Waals surface area (Å²) < 4.78 is 5.85. The monoisotopic (exact) mass is 558 g/mol. The third-order valence-electron chi connectivity index (χ3n) is 8.14. The van der Waals surface area contributed by atoms with Gasteiger partial charge in [0.25, 0.3) is 0 Å². The van der Waals surface area contributed by atoms with Crippen LogP contribution >= 0.6 is 0 Å². The maximum Gasteiger partial charge on any atom is 0.128 e. The SMILES string of the molecule is CCCCCCCCCCCCCCCCCCN=Cc1ccc(OCCCCCCCCCCCC)cc1O. The summed E-state index contributed by atoms with van der Waals surface area (Å²) in [7, 11) is 0. The number of benzene rings is 1. The predicted octanol–water partition coefficient (Wildman–Crippen LogP) is 12.4. The second-order valence-corrected chi connectivity index (χ2v) is 12.1. The van der Waals surface area contributed by atoms with Crippen molar-refractivity contribution in [1.82, 2.24) is 0 Å². The molecule has 0 atom stereocenters. The minimum Gasteiger partial charge on any atom is -0.507 e. The molecule has 0 aliphatic rings. The second kappa shape index (κ2) is 29.0. The lowest BCUT2D eigenvalue weighted by Crippen LogP contribution is -1.97. The molecule has 0 radical (unpaired) electrons. The lowest BCUT2D eigenvalue weighted by molar-refractivity contribution is 0.302. The van der Waals surface area contributed by atoms with E-state index in [4.69, 9.17) is 4.74 Å². The quantitative estimate of drug-likeness (QED) is 0.0755. The summed E-state index contributed by atoms with van der Waals surface area (Å²) in [5.41, 5.74) is 0.780. The molecule has 1 rings (SSSR count). The van der Waals surface area contributed by atoms with Crippen LogP contribution in [-0.4, -0.2) is 24.5 Å². The van der Waals surface area contributed by atoms with Crippen molar-refractivity contribution >= 4 is 6.21 Å². The van der Waals surface area contributed by atoms with E-state index in [1.807, 2.05) is 18.3 Å². The Morgan fingerprint density at radius 1 is 0.550 bits per heavy atom. The molecule has 0 aliphatic heterocycles. The van der Waals surface area contributed by atoms with Crippen molar-refractivity contribution in [2.45, 2.75) is 181 Å². The molecule has 40 heavy (non-hydrogen) atoms. The summed E-state index contributed by atoms with van der Waals surface area (Å²) in [6.07, 6.45) is 37.2. The van der Waals surface area contributed by atoms with E-state index in [9.17, 15) is 5.11 Å². The predicted molar refractivity (Wildman–Crippen MR) is 177 cm³/mol. The van der Waals surface area contributed by atoms with Crippen molar-refractivity contribution in [3.63, 3.8) is 0 Å². The Morgan fingerprint density at radius 2 is 0.950 bits per heavy atom. The third-order valence-corrected chi connectivity index (χ3v) is 8.14. The molecule has 0 unspecified atom stereocenters. The third kappa shape index (κ3) is 23.2. The number of rotatable bonds is 30. The minimum absolute atomic E-state index is 0.260. The molecule has 0 spiro atoms. The molecule has 0 amide bonds. The van der Waals surface area contributed by atoms with Gasteiger partial charge >= 0.3 is 0 Å². The fourth-order valence-electron chi connectivity index (χ4n) is 5.42. The van der Waals surface area contributed by atoms with Gasteiger partial charge in [-0.05, 0) is 25.0 Å². The summed E-state index contributed by atoms with van der Waals surface area (Å²) >= 11 is 0. The van der Waals surface area contributed by atoms with Crippen molar-refractivity contribution < 1.29 is 9.84 Å². The van der Waals surface area contributed by atoms with Crippen LogP contribution in [0.5, 0.6) is 11.5 Å².